The Balaban J connectivity index is 1.60. The summed E-state index contributed by atoms with van der Waals surface area (Å²) in [5.41, 5.74) is 1.07. The molecular weight excluding hydrogens is 378 g/mol. The summed E-state index contributed by atoms with van der Waals surface area (Å²) in [5, 5.41) is 11.2. The molecule has 1 fully saturated rings. The second kappa shape index (κ2) is 7.71. The second-order valence-electron chi connectivity index (χ2n) is 6.21. The van der Waals surface area contributed by atoms with E-state index in [0.717, 1.165) is 5.56 Å². The molecule has 3 rings (SSSR count). The Kier molecular flexibility index (Phi) is 5.57. The number of hydrogen-bond acceptors (Lipinski definition) is 4. The predicted octanol–water partition coefficient (Wildman–Crippen LogP) is 1.34. The molecular formula is C17H19ClN3O4S+. The van der Waals surface area contributed by atoms with Crippen LogP contribution >= 0.6 is 11.6 Å². The number of piperazine rings is 1. The van der Waals surface area contributed by atoms with Gasteiger partial charge < -0.3 is 4.90 Å². The summed E-state index contributed by atoms with van der Waals surface area (Å²) in [7, 11) is -3.50. The molecule has 0 aliphatic carbocycles. The van der Waals surface area contributed by atoms with Crippen LogP contribution in [0.15, 0.2) is 53.4 Å². The van der Waals surface area contributed by atoms with Crippen molar-refractivity contribution in [2.75, 3.05) is 26.2 Å². The molecule has 0 spiro atoms. The van der Waals surface area contributed by atoms with Crippen molar-refractivity contribution in [2.45, 2.75) is 11.4 Å². The molecule has 1 saturated heterocycles. The molecule has 1 aliphatic rings. The standard InChI is InChI=1S/C17H18ClN3O4S/c18-15-3-7-17(8-4-15)26(24,25)20-11-9-19(10-12-20)13-14-1-5-16(6-2-14)21(22)23/h1-8H,9-13H2/p+1. The number of nitro groups is 1. The van der Waals surface area contributed by atoms with Gasteiger partial charge >= 0.3 is 0 Å². The minimum atomic E-state index is -3.50. The Bertz CT molecular complexity index is 877. The van der Waals surface area contributed by atoms with E-state index in [0.29, 0.717) is 37.7 Å². The number of quaternary nitrogens is 1. The van der Waals surface area contributed by atoms with Crippen molar-refractivity contribution in [2.24, 2.45) is 0 Å². The van der Waals surface area contributed by atoms with Gasteiger partial charge in [-0.15, -0.1) is 0 Å². The first-order valence-corrected chi connectivity index (χ1v) is 10.0. The molecule has 1 heterocycles. The normalized spacial score (nSPS) is 16.5. The van der Waals surface area contributed by atoms with Gasteiger partial charge in [-0.05, 0) is 36.4 Å². The van der Waals surface area contributed by atoms with Gasteiger partial charge in [0, 0.05) is 22.7 Å². The summed E-state index contributed by atoms with van der Waals surface area (Å²) in [6.45, 7) is 2.96. The number of rotatable bonds is 5. The topological polar surface area (TPSA) is 85.0 Å². The van der Waals surface area contributed by atoms with E-state index in [9.17, 15) is 18.5 Å². The van der Waals surface area contributed by atoms with Crippen molar-refractivity contribution in [3.8, 4) is 0 Å². The lowest BCUT2D eigenvalue weighted by Crippen LogP contribution is -3.13. The third-order valence-corrected chi connectivity index (χ3v) is 6.65. The van der Waals surface area contributed by atoms with E-state index in [4.69, 9.17) is 11.6 Å². The molecule has 0 amide bonds. The fraction of sp³-hybridized carbons (Fsp3) is 0.294. The Hall–Kier alpha value is -2.00. The Morgan fingerprint density at radius 3 is 2.15 bits per heavy atom. The van der Waals surface area contributed by atoms with Crippen LogP contribution in [-0.2, 0) is 16.6 Å². The number of nitro benzene ring substituents is 1. The number of halogens is 1. The minimum absolute atomic E-state index is 0.0719. The maximum absolute atomic E-state index is 12.7. The smallest absolute Gasteiger partial charge is 0.269 e. The van der Waals surface area contributed by atoms with E-state index < -0.39 is 14.9 Å². The van der Waals surface area contributed by atoms with Gasteiger partial charge in [-0.25, -0.2) is 8.42 Å². The third-order valence-electron chi connectivity index (χ3n) is 4.48. The largest absolute Gasteiger partial charge is 0.329 e. The van der Waals surface area contributed by atoms with Crippen LogP contribution in [-0.4, -0.2) is 43.8 Å². The molecule has 7 nitrogen and oxygen atoms in total. The second-order valence-corrected chi connectivity index (χ2v) is 8.58. The van der Waals surface area contributed by atoms with E-state index in [2.05, 4.69) is 0 Å². The van der Waals surface area contributed by atoms with E-state index >= 15 is 0 Å². The van der Waals surface area contributed by atoms with E-state index in [1.165, 1.54) is 33.5 Å². The lowest BCUT2D eigenvalue weighted by molar-refractivity contribution is -0.917. The molecule has 0 aromatic heterocycles. The number of nitrogens with one attached hydrogen (secondary N) is 1. The van der Waals surface area contributed by atoms with Crippen molar-refractivity contribution < 1.29 is 18.2 Å². The zero-order valence-corrected chi connectivity index (χ0v) is 15.5. The van der Waals surface area contributed by atoms with Gasteiger partial charge in [0.1, 0.15) is 6.54 Å². The van der Waals surface area contributed by atoms with Gasteiger partial charge in [0.15, 0.2) is 0 Å². The van der Waals surface area contributed by atoms with E-state index in [-0.39, 0.29) is 10.6 Å². The SMILES string of the molecule is O=[N+]([O-])c1ccc(C[NH+]2CCN(S(=O)(=O)c3ccc(Cl)cc3)CC2)cc1. The Morgan fingerprint density at radius 1 is 1.04 bits per heavy atom. The van der Waals surface area contributed by atoms with Crippen LogP contribution in [0, 0.1) is 10.1 Å². The molecule has 0 unspecified atom stereocenters. The molecule has 9 heteroatoms. The number of sulfonamides is 1. The number of non-ortho nitro benzene ring substituents is 1. The summed E-state index contributed by atoms with van der Waals surface area (Å²) < 4.78 is 26.8. The summed E-state index contributed by atoms with van der Waals surface area (Å²) in [6.07, 6.45) is 0. The van der Waals surface area contributed by atoms with Gasteiger partial charge in [-0.2, -0.15) is 4.31 Å². The van der Waals surface area contributed by atoms with E-state index in [1.54, 1.807) is 24.3 Å². The highest BCUT2D eigenvalue weighted by Crippen LogP contribution is 2.18. The molecule has 1 aliphatic heterocycles. The third kappa shape index (κ3) is 4.21. The van der Waals surface area contributed by atoms with Crippen LogP contribution in [0.4, 0.5) is 5.69 Å². The molecule has 0 saturated carbocycles. The predicted molar refractivity (Wildman–Crippen MR) is 97.7 cm³/mol. The first-order chi connectivity index (χ1) is 12.4. The molecule has 138 valence electrons. The van der Waals surface area contributed by atoms with Crippen molar-refractivity contribution in [1.29, 1.82) is 0 Å². The molecule has 2 aromatic rings. The number of benzene rings is 2. The average Bonchev–Trinajstić information content (AvgIpc) is 2.63. The van der Waals surface area contributed by atoms with E-state index in [1.807, 2.05) is 0 Å². The van der Waals surface area contributed by atoms with Crippen LogP contribution in [0.25, 0.3) is 0 Å². The van der Waals surface area contributed by atoms with Crippen LogP contribution in [0.5, 0.6) is 0 Å². The van der Waals surface area contributed by atoms with Crippen LogP contribution in [0.3, 0.4) is 0 Å². The molecule has 2 aromatic carbocycles. The first-order valence-electron chi connectivity index (χ1n) is 8.19. The molecule has 26 heavy (non-hydrogen) atoms. The summed E-state index contributed by atoms with van der Waals surface area (Å²) in [6, 6.07) is 12.7. The minimum Gasteiger partial charge on any atom is -0.329 e. The van der Waals surface area contributed by atoms with Gasteiger partial charge in [0.25, 0.3) is 5.69 Å². The zero-order chi connectivity index (χ0) is 18.7. The Morgan fingerprint density at radius 2 is 1.62 bits per heavy atom. The van der Waals surface area contributed by atoms with Crippen molar-refractivity contribution in [3.63, 3.8) is 0 Å². The van der Waals surface area contributed by atoms with Crippen LogP contribution in [0.2, 0.25) is 5.02 Å². The fourth-order valence-electron chi connectivity index (χ4n) is 3.00. The lowest BCUT2D eigenvalue weighted by atomic mass is 10.2. The summed E-state index contributed by atoms with van der Waals surface area (Å²) in [5.74, 6) is 0. The van der Waals surface area contributed by atoms with Crippen molar-refractivity contribution in [1.82, 2.24) is 4.31 Å². The molecule has 1 N–H and O–H groups in total. The van der Waals surface area contributed by atoms with Crippen molar-refractivity contribution in [3.05, 3.63) is 69.2 Å². The lowest BCUT2D eigenvalue weighted by Gasteiger charge is -2.31. The maximum Gasteiger partial charge on any atom is 0.269 e. The van der Waals surface area contributed by atoms with Crippen LogP contribution in [0.1, 0.15) is 5.56 Å². The molecule has 0 atom stereocenters. The zero-order valence-electron chi connectivity index (χ0n) is 14.0. The molecule has 0 bridgehead atoms. The monoisotopic (exact) mass is 396 g/mol. The van der Waals surface area contributed by atoms with Gasteiger partial charge in [-0.3, -0.25) is 10.1 Å². The highest BCUT2D eigenvalue weighted by Gasteiger charge is 2.30. The summed E-state index contributed by atoms with van der Waals surface area (Å²) >= 11 is 5.82. The highest BCUT2D eigenvalue weighted by atomic mass is 35.5. The number of nitrogens with zero attached hydrogens (tertiary/aromatic N) is 2. The Labute approximate surface area is 157 Å². The quantitative estimate of drug-likeness (QED) is 0.610. The van der Waals surface area contributed by atoms with Crippen LogP contribution < -0.4 is 4.90 Å². The van der Waals surface area contributed by atoms with Gasteiger partial charge in [-0.1, -0.05) is 11.6 Å². The molecule has 0 radical (unpaired) electrons. The first kappa shape index (κ1) is 18.8. The van der Waals surface area contributed by atoms with Gasteiger partial charge in [0.2, 0.25) is 10.0 Å². The fourth-order valence-corrected chi connectivity index (χ4v) is 4.57. The maximum atomic E-state index is 12.7. The highest BCUT2D eigenvalue weighted by molar-refractivity contribution is 7.89. The van der Waals surface area contributed by atoms with Crippen molar-refractivity contribution >= 4 is 27.3 Å². The average molecular weight is 397 g/mol. The van der Waals surface area contributed by atoms with Gasteiger partial charge in [0.05, 0.1) is 36.0 Å². The number of hydrogen-bond donors (Lipinski definition) is 1. The summed E-state index contributed by atoms with van der Waals surface area (Å²) in [4.78, 5) is 11.8.